The minimum atomic E-state index is -0.590. The topological polar surface area (TPSA) is 72.5 Å². The summed E-state index contributed by atoms with van der Waals surface area (Å²) in [5, 5.41) is 2.75. The number of carbonyl (C=O) groups is 3. The number of ether oxygens (including phenoxy) is 1. The van der Waals surface area contributed by atoms with Gasteiger partial charge in [-0.1, -0.05) is 24.3 Å². The van der Waals surface area contributed by atoms with Gasteiger partial charge in [-0.15, -0.1) is 11.8 Å². The number of hydrogen-bond acceptors (Lipinski definition) is 5. The number of carbonyl (C=O) groups excluding carboxylic acids is 3. The van der Waals surface area contributed by atoms with Gasteiger partial charge >= 0.3 is 5.97 Å². The minimum Gasteiger partial charge on any atom is -0.452 e. The summed E-state index contributed by atoms with van der Waals surface area (Å²) in [6.07, 6.45) is 0. The van der Waals surface area contributed by atoms with E-state index in [2.05, 4.69) is 5.32 Å². The van der Waals surface area contributed by atoms with Crippen LogP contribution in [0.2, 0.25) is 0 Å². The molecule has 26 heavy (non-hydrogen) atoms. The molecule has 0 heterocycles. The van der Waals surface area contributed by atoms with E-state index in [0.717, 1.165) is 11.1 Å². The number of aryl methyl sites for hydroxylation is 2. The summed E-state index contributed by atoms with van der Waals surface area (Å²) >= 11 is 1.27. The zero-order valence-corrected chi connectivity index (χ0v) is 15.8. The highest BCUT2D eigenvalue weighted by Gasteiger charge is 2.15. The van der Waals surface area contributed by atoms with Crippen LogP contribution in [0, 0.1) is 13.8 Å². The number of ketones is 1. The maximum absolute atomic E-state index is 12.3. The lowest BCUT2D eigenvalue weighted by molar-refractivity contribution is -0.119. The van der Waals surface area contributed by atoms with Crippen LogP contribution >= 0.6 is 11.8 Å². The van der Waals surface area contributed by atoms with Gasteiger partial charge in [0.15, 0.2) is 6.61 Å². The number of nitrogens with one attached hydrogen (secondary N) is 1. The molecule has 0 bridgehead atoms. The molecule has 0 fully saturated rings. The Balaban J connectivity index is 1.97. The fourth-order valence-corrected chi connectivity index (χ4v) is 3.05. The molecule has 136 valence electrons. The van der Waals surface area contributed by atoms with Gasteiger partial charge in [0.05, 0.1) is 11.3 Å². The van der Waals surface area contributed by atoms with Crippen molar-refractivity contribution in [3.63, 3.8) is 0 Å². The first-order valence-electron chi connectivity index (χ1n) is 8.12. The number of benzene rings is 2. The highest BCUT2D eigenvalue weighted by Crippen LogP contribution is 2.23. The summed E-state index contributed by atoms with van der Waals surface area (Å²) in [5.41, 5.74) is 3.00. The molecular weight excluding hydrogens is 350 g/mol. The average molecular weight is 371 g/mol. The van der Waals surface area contributed by atoms with E-state index in [9.17, 15) is 14.4 Å². The van der Waals surface area contributed by atoms with Crippen molar-refractivity contribution >= 4 is 35.1 Å². The van der Waals surface area contributed by atoms with E-state index in [1.165, 1.54) is 18.7 Å². The van der Waals surface area contributed by atoms with E-state index in [0.29, 0.717) is 16.1 Å². The summed E-state index contributed by atoms with van der Waals surface area (Å²) in [6.45, 7) is 4.94. The zero-order valence-electron chi connectivity index (χ0n) is 15.0. The average Bonchev–Trinajstić information content (AvgIpc) is 2.61. The molecule has 0 saturated carbocycles. The second kappa shape index (κ2) is 9.20. The Bertz CT molecular complexity index is 832. The van der Waals surface area contributed by atoms with Crippen LogP contribution in [0.4, 0.5) is 5.69 Å². The second-order valence-corrected chi connectivity index (χ2v) is 6.95. The third kappa shape index (κ3) is 5.74. The number of amides is 1. The van der Waals surface area contributed by atoms with Crippen LogP contribution < -0.4 is 5.32 Å². The molecule has 0 atom stereocenters. The maximum Gasteiger partial charge on any atom is 0.339 e. The van der Waals surface area contributed by atoms with E-state index in [1.54, 1.807) is 24.3 Å². The lowest BCUT2D eigenvalue weighted by atomic mass is 10.1. The Labute approximate surface area is 157 Å². The van der Waals surface area contributed by atoms with Gasteiger partial charge in [-0.25, -0.2) is 4.79 Å². The molecular formula is C20H21NO4S. The van der Waals surface area contributed by atoms with E-state index in [1.807, 2.05) is 32.0 Å². The first-order chi connectivity index (χ1) is 12.4. The summed E-state index contributed by atoms with van der Waals surface area (Å²) < 4.78 is 5.13. The molecule has 5 nitrogen and oxygen atoms in total. The normalized spacial score (nSPS) is 10.3. The van der Waals surface area contributed by atoms with Crippen LogP contribution in [0.15, 0.2) is 47.4 Å². The van der Waals surface area contributed by atoms with Crippen molar-refractivity contribution in [1.29, 1.82) is 0 Å². The highest BCUT2D eigenvalue weighted by molar-refractivity contribution is 8.00. The number of Topliss-reactive ketones (excluding diaryl/α,β-unsaturated/α-hetero) is 1. The fourth-order valence-electron chi connectivity index (χ4n) is 2.21. The van der Waals surface area contributed by atoms with Gasteiger partial charge in [-0.3, -0.25) is 9.59 Å². The Morgan fingerprint density at radius 3 is 2.54 bits per heavy atom. The molecule has 0 aromatic heterocycles. The number of rotatable bonds is 7. The second-order valence-electron chi connectivity index (χ2n) is 5.93. The molecule has 0 radical (unpaired) electrons. The monoisotopic (exact) mass is 371 g/mol. The summed E-state index contributed by atoms with van der Waals surface area (Å²) in [7, 11) is 0. The first-order valence-corrected chi connectivity index (χ1v) is 9.11. The van der Waals surface area contributed by atoms with Crippen molar-refractivity contribution in [2.24, 2.45) is 0 Å². The Morgan fingerprint density at radius 2 is 1.81 bits per heavy atom. The van der Waals surface area contributed by atoms with Crippen molar-refractivity contribution in [3.8, 4) is 0 Å². The minimum absolute atomic E-state index is 0.0195. The van der Waals surface area contributed by atoms with E-state index in [4.69, 9.17) is 4.74 Å². The van der Waals surface area contributed by atoms with Crippen molar-refractivity contribution < 1.29 is 19.1 Å². The molecule has 2 aromatic carbocycles. The number of thioether (sulfide) groups is 1. The first kappa shape index (κ1) is 19.7. The SMILES string of the molecule is CC(=O)CSc1ccccc1C(=O)OCC(=O)Nc1cc(C)ccc1C. The van der Waals surface area contributed by atoms with E-state index in [-0.39, 0.29) is 18.1 Å². The van der Waals surface area contributed by atoms with E-state index >= 15 is 0 Å². The van der Waals surface area contributed by atoms with Gasteiger partial charge in [0.2, 0.25) is 0 Å². The van der Waals surface area contributed by atoms with Crippen molar-refractivity contribution in [2.45, 2.75) is 25.7 Å². The maximum atomic E-state index is 12.3. The van der Waals surface area contributed by atoms with Crippen LogP contribution in [0.1, 0.15) is 28.4 Å². The predicted octanol–water partition coefficient (Wildman–Crippen LogP) is 3.78. The molecule has 1 N–H and O–H groups in total. The van der Waals surface area contributed by atoms with Crippen LogP contribution in [-0.4, -0.2) is 30.0 Å². The molecule has 0 saturated heterocycles. The molecule has 0 aliphatic carbocycles. The Kier molecular flexibility index (Phi) is 6.97. The van der Waals surface area contributed by atoms with Crippen LogP contribution in [-0.2, 0) is 14.3 Å². The molecule has 0 spiro atoms. The molecule has 6 heteroatoms. The van der Waals surface area contributed by atoms with Gasteiger partial charge in [0.25, 0.3) is 5.91 Å². The Hall–Kier alpha value is -2.60. The lowest BCUT2D eigenvalue weighted by Gasteiger charge is -2.11. The lowest BCUT2D eigenvalue weighted by Crippen LogP contribution is -2.21. The summed E-state index contributed by atoms with van der Waals surface area (Å²) in [5.74, 6) is -0.697. The van der Waals surface area contributed by atoms with E-state index < -0.39 is 11.9 Å². The summed E-state index contributed by atoms with van der Waals surface area (Å²) in [4.78, 5) is 36.2. The molecule has 0 unspecified atom stereocenters. The van der Waals surface area contributed by atoms with Crippen LogP contribution in [0.3, 0.4) is 0 Å². The Morgan fingerprint density at radius 1 is 1.08 bits per heavy atom. The fraction of sp³-hybridized carbons (Fsp3) is 0.250. The number of anilines is 1. The van der Waals surface area contributed by atoms with Gasteiger partial charge in [0.1, 0.15) is 5.78 Å². The van der Waals surface area contributed by atoms with Gasteiger partial charge < -0.3 is 10.1 Å². The standard InChI is InChI=1S/C20H21NO4S/c1-13-8-9-14(2)17(10-13)21-19(23)11-25-20(24)16-6-4-5-7-18(16)26-12-15(3)22/h4-10H,11-12H2,1-3H3,(H,21,23). The number of hydrogen-bond donors (Lipinski definition) is 1. The van der Waals surface area contributed by atoms with Gasteiger partial charge in [-0.2, -0.15) is 0 Å². The molecule has 1 amide bonds. The third-order valence-corrected chi connectivity index (χ3v) is 4.76. The quantitative estimate of drug-likeness (QED) is 0.592. The van der Waals surface area contributed by atoms with Crippen molar-refractivity contribution in [2.75, 3.05) is 17.7 Å². The highest BCUT2D eigenvalue weighted by atomic mass is 32.2. The smallest absolute Gasteiger partial charge is 0.339 e. The summed E-state index contributed by atoms with van der Waals surface area (Å²) in [6, 6.07) is 12.6. The van der Waals surface area contributed by atoms with Crippen LogP contribution in [0.25, 0.3) is 0 Å². The molecule has 0 aliphatic heterocycles. The molecule has 0 aliphatic rings. The van der Waals surface area contributed by atoms with Crippen LogP contribution in [0.5, 0.6) is 0 Å². The van der Waals surface area contributed by atoms with Gasteiger partial charge in [-0.05, 0) is 50.1 Å². The van der Waals surface area contributed by atoms with Gasteiger partial charge in [0, 0.05) is 10.6 Å². The third-order valence-electron chi connectivity index (χ3n) is 3.54. The number of esters is 1. The predicted molar refractivity (Wildman–Crippen MR) is 103 cm³/mol. The van der Waals surface area contributed by atoms with Crippen molar-refractivity contribution in [3.05, 3.63) is 59.2 Å². The molecule has 2 aromatic rings. The molecule has 2 rings (SSSR count). The zero-order chi connectivity index (χ0) is 19.1. The van der Waals surface area contributed by atoms with Crippen molar-refractivity contribution in [1.82, 2.24) is 0 Å². The largest absolute Gasteiger partial charge is 0.452 e.